The van der Waals surface area contributed by atoms with Gasteiger partial charge in [0.15, 0.2) is 0 Å². The molecule has 0 aliphatic heterocycles. The van der Waals surface area contributed by atoms with E-state index in [4.69, 9.17) is 0 Å². The van der Waals surface area contributed by atoms with Crippen LogP contribution < -0.4 is 5.32 Å². The summed E-state index contributed by atoms with van der Waals surface area (Å²) in [5.41, 5.74) is 0.438. The van der Waals surface area contributed by atoms with Crippen molar-refractivity contribution in [2.24, 2.45) is 5.92 Å². The third-order valence-corrected chi connectivity index (χ3v) is 4.62. The van der Waals surface area contributed by atoms with Gasteiger partial charge < -0.3 is 5.32 Å². The van der Waals surface area contributed by atoms with Crippen molar-refractivity contribution in [2.45, 2.75) is 43.4 Å². The third kappa shape index (κ3) is 4.24. The Morgan fingerprint density at radius 1 is 1.20 bits per heavy atom. The highest BCUT2D eigenvalue weighted by Crippen LogP contribution is 2.24. The fraction of sp³-hybridized carbons (Fsp3) is 0.571. The summed E-state index contributed by atoms with van der Waals surface area (Å²) in [4.78, 5) is -0.265. The molecule has 114 valence electrons. The predicted octanol–water partition coefficient (Wildman–Crippen LogP) is 2.86. The molecule has 1 atom stereocenters. The molecule has 0 amide bonds. The van der Waals surface area contributed by atoms with Crippen molar-refractivity contribution < 1.29 is 17.2 Å². The highest BCUT2D eigenvalue weighted by Gasteiger charge is 2.29. The van der Waals surface area contributed by atoms with Gasteiger partial charge in [0, 0.05) is 6.04 Å². The smallest absolute Gasteiger partial charge is 0.317 e. The summed E-state index contributed by atoms with van der Waals surface area (Å²) in [7, 11) is -2.76. The molecule has 20 heavy (non-hydrogen) atoms. The van der Waals surface area contributed by atoms with E-state index in [-0.39, 0.29) is 10.9 Å². The second-order valence-electron chi connectivity index (χ2n) is 5.23. The molecule has 1 unspecified atom stereocenters. The first-order valence-corrected chi connectivity index (χ1v) is 8.10. The Balaban J connectivity index is 3.08. The van der Waals surface area contributed by atoms with Crippen molar-refractivity contribution in [3.05, 3.63) is 29.8 Å². The van der Waals surface area contributed by atoms with E-state index in [1.165, 1.54) is 12.1 Å². The van der Waals surface area contributed by atoms with Crippen LogP contribution in [-0.2, 0) is 16.3 Å². The van der Waals surface area contributed by atoms with Crippen LogP contribution in [0, 0.1) is 5.92 Å². The monoisotopic (exact) mass is 305 g/mol. The molecule has 1 rings (SSSR count). The van der Waals surface area contributed by atoms with Crippen LogP contribution in [-0.4, -0.2) is 27.3 Å². The molecule has 0 saturated carbocycles. The summed E-state index contributed by atoms with van der Waals surface area (Å²) in [5, 5.41) is 3.11. The molecule has 1 N–H and O–H groups in total. The molecule has 6 heteroatoms. The molecule has 0 fully saturated rings. The van der Waals surface area contributed by atoms with Crippen molar-refractivity contribution in [3.8, 4) is 0 Å². The van der Waals surface area contributed by atoms with Gasteiger partial charge in [-0.3, -0.25) is 0 Å². The van der Waals surface area contributed by atoms with Gasteiger partial charge in [0.25, 0.3) is 0 Å². The lowest BCUT2D eigenvalue weighted by molar-refractivity contribution is 0.234. The first-order valence-electron chi connectivity index (χ1n) is 6.56. The maximum atomic E-state index is 12.7. The third-order valence-electron chi connectivity index (χ3n) is 3.14. The molecule has 1 aromatic carbocycles. The van der Waals surface area contributed by atoms with Gasteiger partial charge in [0.05, 0.1) is 4.90 Å². The van der Waals surface area contributed by atoms with Gasteiger partial charge in [-0.2, -0.15) is 8.78 Å². The molecule has 0 radical (unpaired) electrons. The van der Waals surface area contributed by atoms with Crippen LogP contribution in [0.2, 0.25) is 0 Å². The Hall–Kier alpha value is -1.01. The van der Waals surface area contributed by atoms with E-state index in [1.807, 2.05) is 0 Å². The zero-order valence-corrected chi connectivity index (χ0v) is 12.8. The Morgan fingerprint density at radius 3 is 2.30 bits per heavy atom. The average molecular weight is 305 g/mol. The van der Waals surface area contributed by atoms with Crippen LogP contribution in [0.5, 0.6) is 0 Å². The van der Waals surface area contributed by atoms with Crippen molar-refractivity contribution >= 4 is 9.84 Å². The molecular formula is C14H21F2NO2S. The lowest BCUT2D eigenvalue weighted by Crippen LogP contribution is -2.30. The lowest BCUT2D eigenvalue weighted by Gasteiger charge is -2.20. The zero-order valence-electron chi connectivity index (χ0n) is 11.9. The minimum absolute atomic E-state index is 0.0593. The van der Waals surface area contributed by atoms with Gasteiger partial charge in [-0.15, -0.1) is 0 Å². The van der Waals surface area contributed by atoms with E-state index in [0.29, 0.717) is 17.9 Å². The fourth-order valence-corrected chi connectivity index (χ4v) is 3.16. The van der Waals surface area contributed by atoms with E-state index in [0.717, 1.165) is 6.42 Å². The average Bonchev–Trinajstić information content (AvgIpc) is 2.37. The molecule has 0 bridgehead atoms. The Labute approximate surface area is 119 Å². The van der Waals surface area contributed by atoms with Gasteiger partial charge in [0.1, 0.15) is 0 Å². The standard InChI is InChI=1S/C14H21F2NO2S/c1-10(2)8-12(17-3)9-11-6-4-5-7-13(11)20(18,19)14(15)16/h4-7,10,12,14,17H,8-9H2,1-3H3. The highest BCUT2D eigenvalue weighted by atomic mass is 32.2. The molecule has 0 heterocycles. The van der Waals surface area contributed by atoms with E-state index in [2.05, 4.69) is 19.2 Å². The molecule has 0 saturated heterocycles. The molecule has 3 nitrogen and oxygen atoms in total. The molecule has 1 aromatic rings. The van der Waals surface area contributed by atoms with Crippen LogP contribution in [0.15, 0.2) is 29.2 Å². The van der Waals surface area contributed by atoms with Crippen LogP contribution in [0.3, 0.4) is 0 Å². The normalized spacial score (nSPS) is 13.9. The van der Waals surface area contributed by atoms with Crippen molar-refractivity contribution in [1.82, 2.24) is 5.32 Å². The molecular weight excluding hydrogens is 284 g/mol. The number of likely N-dealkylation sites (N-methyl/N-ethyl adjacent to an activating group) is 1. The zero-order chi connectivity index (χ0) is 15.3. The van der Waals surface area contributed by atoms with Gasteiger partial charge >= 0.3 is 5.76 Å². The predicted molar refractivity (Wildman–Crippen MR) is 75.6 cm³/mol. The van der Waals surface area contributed by atoms with Gasteiger partial charge in [-0.25, -0.2) is 8.42 Å². The highest BCUT2D eigenvalue weighted by molar-refractivity contribution is 7.91. The Bertz CT molecular complexity index is 530. The second kappa shape index (κ2) is 7.13. The minimum Gasteiger partial charge on any atom is -0.317 e. The van der Waals surface area contributed by atoms with Crippen molar-refractivity contribution in [2.75, 3.05) is 7.05 Å². The molecule has 0 aliphatic rings. The summed E-state index contributed by atoms with van der Waals surface area (Å²) in [6.45, 7) is 4.12. The largest absolute Gasteiger partial charge is 0.341 e. The summed E-state index contributed by atoms with van der Waals surface area (Å²) in [5.74, 6) is -2.95. The van der Waals surface area contributed by atoms with Crippen LogP contribution in [0.25, 0.3) is 0 Å². The van der Waals surface area contributed by atoms with Gasteiger partial charge in [-0.05, 0) is 37.4 Å². The number of rotatable bonds is 7. The molecule has 0 spiro atoms. The van der Waals surface area contributed by atoms with Crippen LogP contribution in [0.4, 0.5) is 8.78 Å². The molecule has 0 aromatic heterocycles. The van der Waals surface area contributed by atoms with Gasteiger partial charge in [-0.1, -0.05) is 32.0 Å². The summed E-state index contributed by atoms with van der Waals surface area (Å²) in [6.07, 6.45) is 1.26. The maximum absolute atomic E-state index is 12.7. The van der Waals surface area contributed by atoms with Crippen LogP contribution >= 0.6 is 0 Å². The van der Waals surface area contributed by atoms with E-state index < -0.39 is 15.6 Å². The first-order chi connectivity index (χ1) is 9.28. The Kier molecular flexibility index (Phi) is 6.07. The second-order valence-corrected chi connectivity index (χ2v) is 7.12. The number of sulfone groups is 1. The number of halogens is 2. The number of alkyl halides is 2. The number of nitrogens with one attached hydrogen (secondary N) is 1. The SMILES string of the molecule is CNC(Cc1ccccc1S(=O)(=O)C(F)F)CC(C)C. The van der Waals surface area contributed by atoms with Crippen molar-refractivity contribution in [1.29, 1.82) is 0 Å². The lowest BCUT2D eigenvalue weighted by atomic mass is 9.97. The summed E-state index contributed by atoms with van der Waals surface area (Å²) >= 11 is 0. The quantitative estimate of drug-likeness (QED) is 0.842. The van der Waals surface area contributed by atoms with Gasteiger partial charge in [0.2, 0.25) is 9.84 Å². The number of benzene rings is 1. The number of hydrogen-bond acceptors (Lipinski definition) is 3. The number of hydrogen-bond donors (Lipinski definition) is 1. The Morgan fingerprint density at radius 2 is 1.80 bits per heavy atom. The summed E-state index contributed by atoms with van der Waals surface area (Å²) < 4.78 is 48.8. The van der Waals surface area contributed by atoms with E-state index >= 15 is 0 Å². The first kappa shape index (κ1) is 17.0. The topological polar surface area (TPSA) is 46.2 Å². The van der Waals surface area contributed by atoms with Crippen molar-refractivity contribution in [3.63, 3.8) is 0 Å². The minimum atomic E-state index is -4.55. The summed E-state index contributed by atoms with van der Waals surface area (Å²) in [6, 6.07) is 6.04. The van der Waals surface area contributed by atoms with E-state index in [9.17, 15) is 17.2 Å². The fourth-order valence-electron chi connectivity index (χ4n) is 2.18. The maximum Gasteiger partial charge on any atom is 0.341 e. The van der Waals surface area contributed by atoms with E-state index in [1.54, 1.807) is 19.2 Å². The van der Waals surface area contributed by atoms with Crippen LogP contribution in [0.1, 0.15) is 25.8 Å². The molecule has 0 aliphatic carbocycles.